The SMILES string of the molecule is CN(C)C(=O)N(N)/N=C(\N)C(F)(F)c1ccccc1. The van der Waals surface area contributed by atoms with Crippen LogP contribution in [0.15, 0.2) is 35.4 Å². The molecule has 6 nitrogen and oxygen atoms in total. The van der Waals surface area contributed by atoms with E-state index in [1.165, 1.54) is 38.4 Å². The van der Waals surface area contributed by atoms with Crippen LogP contribution in [0.3, 0.4) is 0 Å². The Labute approximate surface area is 109 Å². The first kappa shape index (κ1) is 14.8. The zero-order valence-corrected chi connectivity index (χ0v) is 10.5. The van der Waals surface area contributed by atoms with Crippen LogP contribution >= 0.6 is 0 Å². The Hall–Kier alpha value is -2.22. The summed E-state index contributed by atoms with van der Waals surface area (Å²) in [5.74, 6) is 0.668. The number of alkyl halides is 2. The van der Waals surface area contributed by atoms with E-state index in [2.05, 4.69) is 5.10 Å². The highest BCUT2D eigenvalue weighted by molar-refractivity contribution is 5.89. The number of nitrogens with two attached hydrogens (primary N) is 2. The van der Waals surface area contributed by atoms with Crippen molar-refractivity contribution in [3.8, 4) is 0 Å². The van der Waals surface area contributed by atoms with Gasteiger partial charge >= 0.3 is 12.0 Å². The topological polar surface area (TPSA) is 88.0 Å². The third kappa shape index (κ3) is 3.38. The monoisotopic (exact) mass is 271 g/mol. The molecule has 8 heteroatoms. The van der Waals surface area contributed by atoms with E-state index >= 15 is 0 Å². The van der Waals surface area contributed by atoms with Gasteiger partial charge in [0.2, 0.25) is 0 Å². The molecule has 1 rings (SSSR count). The van der Waals surface area contributed by atoms with Crippen LogP contribution < -0.4 is 11.6 Å². The number of hydrogen-bond acceptors (Lipinski definition) is 3. The Kier molecular flexibility index (Phi) is 4.38. The molecule has 0 atom stereocenters. The fourth-order valence-corrected chi connectivity index (χ4v) is 1.22. The van der Waals surface area contributed by atoms with Crippen LogP contribution in [0.5, 0.6) is 0 Å². The molecule has 0 radical (unpaired) electrons. The van der Waals surface area contributed by atoms with Crippen molar-refractivity contribution < 1.29 is 13.6 Å². The largest absolute Gasteiger partial charge is 0.380 e. The maximum atomic E-state index is 13.9. The fourth-order valence-electron chi connectivity index (χ4n) is 1.22. The predicted octanol–water partition coefficient (Wildman–Crippen LogP) is 0.908. The molecular formula is C11H15F2N5O. The van der Waals surface area contributed by atoms with Gasteiger partial charge in [-0.25, -0.2) is 10.6 Å². The average molecular weight is 271 g/mol. The third-order valence-corrected chi connectivity index (χ3v) is 2.25. The maximum Gasteiger partial charge on any atom is 0.354 e. The van der Waals surface area contributed by atoms with Gasteiger partial charge in [0.25, 0.3) is 0 Å². The summed E-state index contributed by atoms with van der Waals surface area (Å²) < 4.78 is 27.8. The van der Waals surface area contributed by atoms with Gasteiger partial charge in [-0.2, -0.15) is 8.78 Å². The van der Waals surface area contributed by atoms with E-state index in [9.17, 15) is 13.6 Å². The summed E-state index contributed by atoms with van der Waals surface area (Å²) in [7, 11) is 2.81. The van der Waals surface area contributed by atoms with E-state index in [1.807, 2.05) is 0 Å². The molecule has 1 aromatic carbocycles. The van der Waals surface area contributed by atoms with Crippen LogP contribution in [0, 0.1) is 0 Å². The Morgan fingerprint density at radius 3 is 2.26 bits per heavy atom. The average Bonchev–Trinajstić information content (AvgIpc) is 2.38. The molecule has 0 saturated carbocycles. The van der Waals surface area contributed by atoms with Crippen molar-refractivity contribution >= 4 is 11.9 Å². The molecule has 0 bridgehead atoms. The molecule has 0 saturated heterocycles. The summed E-state index contributed by atoms with van der Waals surface area (Å²) in [6.45, 7) is 0. The number of carbonyl (C=O) groups excluding carboxylic acids is 1. The molecule has 0 heterocycles. The molecule has 0 unspecified atom stereocenters. The van der Waals surface area contributed by atoms with Gasteiger partial charge in [0, 0.05) is 19.7 Å². The first-order chi connectivity index (χ1) is 8.76. The summed E-state index contributed by atoms with van der Waals surface area (Å²) in [4.78, 5) is 12.4. The van der Waals surface area contributed by atoms with Gasteiger partial charge in [-0.1, -0.05) is 30.3 Å². The molecule has 2 amide bonds. The number of amidine groups is 1. The fraction of sp³-hybridized carbons (Fsp3) is 0.273. The maximum absolute atomic E-state index is 13.9. The molecule has 104 valence electrons. The van der Waals surface area contributed by atoms with Gasteiger partial charge in [-0.15, -0.1) is 10.2 Å². The van der Waals surface area contributed by atoms with Gasteiger partial charge in [-0.05, 0) is 0 Å². The normalized spacial score (nSPS) is 12.2. The first-order valence-corrected chi connectivity index (χ1v) is 5.30. The number of hydrogen-bond donors (Lipinski definition) is 2. The van der Waals surface area contributed by atoms with Crippen molar-refractivity contribution in [3.05, 3.63) is 35.9 Å². The summed E-state index contributed by atoms with van der Waals surface area (Å²) in [6, 6.07) is 6.13. The van der Waals surface area contributed by atoms with Crippen LogP contribution in [0.25, 0.3) is 0 Å². The van der Waals surface area contributed by atoms with Crippen LogP contribution in [0.4, 0.5) is 13.6 Å². The van der Waals surface area contributed by atoms with Gasteiger partial charge in [0.15, 0.2) is 5.84 Å². The Bertz CT molecular complexity index is 475. The van der Waals surface area contributed by atoms with Crippen molar-refractivity contribution in [1.29, 1.82) is 0 Å². The second kappa shape index (κ2) is 5.61. The Morgan fingerprint density at radius 2 is 1.79 bits per heavy atom. The Morgan fingerprint density at radius 1 is 1.26 bits per heavy atom. The number of urea groups is 1. The van der Waals surface area contributed by atoms with E-state index in [4.69, 9.17) is 11.6 Å². The smallest absolute Gasteiger partial charge is 0.354 e. The summed E-state index contributed by atoms with van der Waals surface area (Å²) >= 11 is 0. The molecule has 0 aliphatic rings. The molecule has 0 fully saturated rings. The lowest BCUT2D eigenvalue weighted by molar-refractivity contribution is 0.0715. The number of hydrazone groups is 1. The quantitative estimate of drug-likeness (QED) is 0.281. The molecule has 0 aliphatic carbocycles. The van der Waals surface area contributed by atoms with Gasteiger partial charge in [0.05, 0.1) is 0 Å². The number of amides is 2. The van der Waals surface area contributed by atoms with Crippen molar-refractivity contribution in [2.75, 3.05) is 14.1 Å². The number of carbonyl (C=O) groups is 1. The third-order valence-electron chi connectivity index (χ3n) is 2.25. The van der Waals surface area contributed by atoms with E-state index in [0.717, 1.165) is 4.90 Å². The van der Waals surface area contributed by atoms with E-state index in [1.54, 1.807) is 6.07 Å². The summed E-state index contributed by atoms with van der Waals surface area (Å²) in [5, 5.41) is 3.48. The number of halogens is 2. The van der Waals surface area contributed by atoms with E-state index in [0.29, 0.717) is 0 Å². The van der Waals surface area contributed by atoms with E-state index < -0.39 is 17.8 Å². The van der Waals surface area contributed by atoms with Crippen LogP contribution in [-0.2, 0) is 5.92 Å². The molecule has 4 N–H and O–H groups in total. The van der Waals surface area contributed by atoms with Crippen molar-refractivity contribution in [2.45, 2.75) is 5.92 Å². The highest BCUT2D eigenvalue weighted by Crippen LogP contribution is 2.27. The second-order valence-corrected chi connectivity index (χ2v) is 3.95. The van der Waals surface area contributed by atoms with Crippen molar-refractivity contribution in [2.24, 2.45) is 16.7 Å². The molecule has 0 spiro atoms. The standard InChI is InChI=1S/C11H15F2N5O/c1-17(2)10(19)18(15)16-9(14)11(12,13)8-6-4-3-5-7-8/h3-7H,15H2,1-2H3,(H2,14,16). The minimum Gasteiger partial charge on any atom is -0.380 e. The summed E-state index contributed by atoms with van der Waals surface area (Å²) in [6.07, 6.45) is 0. The molecule has 19 heavy (non-hydrogen) atoms. The number of nitrogens with zero attached hydrogens (tertiary/aromatic N) is 3. The minimum atomic E-state index is -3.51. The lowest BCUT2D eigenvalue weighted by atomic mass is 10.1. The number of rotatable bonds is 3. The van der Waals surface area contributed by atoms with Gasteiger partial charge in [-0.3, -0.25) is 0 Å². The Balaban J connectivity index is 2.99. The number of hydrazine groups is 1. The van der Waals surface area contributed by atoms with E-state index in [-0.39, 0.29) is 10.7 Å². The van der Waals surface area contributed by atoms with Crippen LogP contribution in [0.2, 0.25) is 0 Å². The van der Waals surface area contributed by atoms with Crippen molar-refractivity contribution in [1.82, 2.24) is 10.0 Å². The predicted molar refractivity (Wildman–Crippen MR) is 67.1 cm³/mol. The highest BCUT2D eigenvalue weighted by Gasteiger charge is 2.37. The molecule has 1 aromatic rings. The minimum absolute atomic E-state index is 0.270. The van der Waals surface area contributed by atoms with Gasteiger partial charge < -0.3 is 10.6 Å². The second-order valence-electron chi connectivity index (χ2n) is 3.95. The van der Waals surface area contributed by atoms with Gasteiger partial charge in [0.1, 0.15) is 0 Å². The van der Waals surface area contributed by atoms with Crippen LogP contribution in [0.1, 0.15) is 5.56 Å². The highest BCUT2D eigenvalue weighted by atomic mass is 19.3. The first-order valence-electron chi connectivity index (χ1n) is 5.30. The molecule has 0 aromatic heterocycles. The number of benzene rings is 1. The zero-order valence-electron chi connectivity index (χ0n) is 10.5. The lowest BCUT2D eigenvalue weighted by Crippen LogP contribution is -2.44. The lowest BCUT2D eigenvalue weighted by Gasteiger charge is -2.20. The summed E-state index contributed by atoms with van der Waals surface area (Å²) in [5.41, 5.74) is 4.90. The van der Waals surface area contributed by atoms with Crippen molar-refractivity contribution in [3.63, 3.8) is 0 Å². The zero-order chi connectivity index (χ0) is 14.6. The molecule has 0 aliphatic heterocycles. The van der Waals surface area contributed by atoms with Crippen LogP contribution in [-0.4, -0.2) is 36.0 Å². The molecular weight excluding hydrogens is 256 g/mol.